The average Bonchev–Trinajstić information content (AvgIpc) is 2.53. The minimum atomic E-state index is -0.837. The van der Waals surface area contributed by atoms with Gasteiger partial charge < -0.3 is 10.0 Å². The predicted molar refractivity (Wildman–Crippen MR) is 67.0 cm³/mol. The van der Waals surface area contributed by atoms with Crippen LogP contribution in [0, 0.1) is 0 Å². The molecule has 2 fully saturated rings. The van der Waals surface area contributed by atoms with E-state index in [0.29, 0.717) is 22.8 Å². The van der Waals surface area contributed by atoms with Crippen LogP contribution in [-0.2, 0) is 5.60 Å². The molecule has 3 rings (SSSR count). The summed E-state index contributed by atoms with van der Waals surface area (Å²) < 4.78 is 0. The van der Waals surface area contributed by atoms with Crippen LogP contribution in [-0.4, -0.2) is 34.1 Å². The zero-order valence-electron chi connectivity index (χ0n) is 9.93. The number of aliphatic hydroxyl groups is 1. The van der Waals surface area contributed by atoms with E-state index < -0.39 is 5.60 Å². The number of halogens is 1. The molecule has 2 aliphatic heterocycles. The van der Waals surface area contributed by atoms with E-state index >= 15 is 0 Å². The van der Waals surface area contributed by atoms with Crippen molar-refractivity contribution >= 4 is 11.6 Å². The Morgan fingerprint density at radius 2 is 2.06 bits per heavy atom. The first-order valence-corrected chi connectivity index (χ1v) is 6.53. The molecule has 1 aromatic rings. The van der Waals surface area contributed by atoms with Gasteiger partial charge in [-0.2, -0.15) is 0 Å². The van der Waals surface area contributed by atoms with Crippen molar-refractivity contribution in [2.24, 2.45) is 0 Å². The van der Waals surface area contributed by atoms with Crippen LogP contribution in [0.15, 0.2) is 18.3 Å². The summed E-state index contributed by atoms with van der Waals surface area (Å²) in [5, 5.41) is 11.4. The number of aromatic nitrogens is 1. The molecule has 2 atom stereocenters. The maximum Gasteiger partial charge on any atom is 0.111 e. The Labute approximate surface area is 106 Å². The molecule has 2 unspecified atom stereocenters. The van der Waals surface area contributed by atoms with Crippen molar-refractivity contribution in [3.05, 3.63) is 29.0 Å². The highest BCUT2D eigenvalue weighted by Crippen LogP contribution is 2.45. The summed E-state index contributed by atoms with van der Waals surface area (Å²) in [4.78, 5) is 6.69. The zero-order valence-corrected chi connectivity index (χ0v) is 10.7. The number of nitrogens with zero attached hydrogens (tertiary/aromatic N) is 2. The lowest BCUT2D eigenvalue weighted by molar-refractivity contribution is -0.0523. The van der Waals surface area contributed by atoms with Gasteiger partial charge in [-0.3, -0.25) is 4.98 Å². The van der Waals surface area contributed by atoms with E-state index in [1.807, 2.05) is 6.07 Å². The molecule has 1 aromatic heterocycles. The van der Waals surface area contributed by atoms with Gasteiger partial charge in [-0.05, 0) is 44.9 Å². The van der Waals surface area contributed by atoms with Gasteiger partial charge in [-0.15, -0.1) is 0 Å². The van der Waals surface area contributed by atoms with Crippen LogP contribution in [0.4, 0.5) is 0 Å². The van der Waals surface area contributed by atoms with Crippen molar-refractivity contribution in [1.82, 2.24) is 9.88 Å². The van der Waals surface area contributed by atoms with Gasteiger partial charge >= 0.3 is 0 Å². The molecule has 0 saturated carbocycles. The third kappa shape index (κ3) is 1.77. The number of pyridine rings is 1. The number of hydrogen-bond acceptors (Lipinski definition) is 3. The van der Waals surface area contributed by atoms with Crippen molar-refractivity contribution in [2.45, 2.75) is 43.4 Å². The highest BCUT2D eigenvalue weighted by atomic mass is 35.5. The highest BCUT2D eigenvalue weighted by Gasteiger charge is 2.48. The molecule has 2 bridgehead atoms. The second-order valence-electron chi connectivity index (χ2n) is 5.32. The molecule has 2 saturated heterocycles. The monoisotopic (exact) mass is 252 g/mol. The van der Waals surface area contributed by atoms with E-state index in [-0.39, 0.29) is 0 Å². The Balaban J connectivity index is 1.96. The summed E-state index contributed by atoms with van der Waals surface area (Å²) in [7, 11) is 2.15. The largest absolute Gasteiger partial charge is 0.383 e. The SMILES string of the molecule is CN1C2CCC1CC(O)(c1ncccc1Cl)C2. The fourth-order valence-electron chi connectivity index (χ4n) is 3.37. The lowest BCUT2D eigenvalue weighted by Crippen LogP contribution is -2.48. The van der Waals surface area contributed by atoms with Gasteiger partial charge in [-0.1, -0.05) is 11.6 Å². The smallest absolute Gasteiger partial charge is 0.111 e. The third-order valence-electron chi connectivity index (χ3n) is 4.33. The summed E-state index contributed by atoms with van der Waals surface area (Å²) in [5.74, 6) is 0. The maximum absolute atomic E-state index is 10.8. The van der Waals surface area contributed by atoms with Crippen molar-refractivity contribution in [2.75, 3.05) is 7.05 Å². The van der Waals surface area contributed by atoms with Crippen LogP contribution in [0.25, 0.3) is 0 Å². The highest BCUT2D eigenvalue weighted by molar-refractivity contribution is 6.31. The minimum Gasteiger partial charge on any atom is -0.383 e. The van der Waals surface area contributed by atoms with Gasteiger partial charge in [-0.25, -0.2) is 0 Å². The van der Waals surface area contributed by atoms with Gasteiger partial charge in [0.25, 0.3) is 0 Å². The minimum absolute atomic E-state index is 0.469. The van der Waals surface area contributed by atoms with Crippen LogP contribution in [0.3, 0.4) is 0 Å². The van der Waals surface area contributed by atoms with Crippen LogP contribution in [0.2, 0.25) is 5.02 Å². The Kier molecular flexibility index (Phi) is 2.65. The van der Waals surface area contributed by atoms with Gasteiger partial charge in [0.1, 0.15) is 5.60 Å². The second kappa shape index (κ2) is 3.94. The summed E-state index contributed by atoms with van der Waals surface area (Å²) in [5.41, 5.74) is -0.178. The number of fused-ring (bicyclic) bond motifs is 2. The summed E-state index contributed by atoms with van der Waals surface area (Å²) >= 11 is 6.16. The second-order valence-corrected chi connectivity index (χ2v) is 5.73. The molecule has 17 heavy (non-hydrogen) atoms. The van der Waals surface area contributed by atoms with Crippen LogP contribution in [0.1, 0.15) is 31.4 Å². The van der Waals surface area contributed by atoms with Crippen LogP contribution >= 0.6 is 11.6 Å². The van der Waals surface area contributed by atoms with Crippen molar-refractivity contribution in [3.8, 4) is 0 Å². The third-order valence-corrected chi connectivity index (χ3v) is 4.64. The molecule has 1 N–H and O–H groups in total. The Morgan fingerprint density at radius 1 is 1.41 bits per heavy atom. The molecule has 3 nitrogen and oxygen atoms in total. The Bertz CT molecular complexity index is 423. The molecular formula is C13H17ClN2O. The van der Waals surface area contributed by atoms with Crippen molar-refractivity contribution in [1.29, 1.82) is 0 Å². The lowest BCUT2D eigenvalue weighted by Gasteiger charge is -2.41. The first-order valence-electron chi connectivity index (χ1n) is 6.15. The summed E-state index contributed by atoms with van der Waals surface area (Å²) in [6, 6.07) is 4.55. The molecule has 0 aliphatic carbocycles. The molecule has 4 heteroatoms. The molecule has 0 radical (unpaired) electrons. The first-order chi connectivity index (χ1) is 8.10. The molecule has 0 spiro atoms. The molecule has 3 heterocycles. The van der Waals surface area contributed by atoms with Crippen molar-refractivity contribution in [3.63, 3.8) is 0 Å². The van der Waals surface area contributed by atoms with E-state index in [1.54, 1.807) is 12.3 Å². The maximum atomic E-state index is 10.8. The Morgan fingerprint density at radius 3 is 2.65 bits per heavy atom. The number of hydrogen-bond donors (Lipinski definition) is 1. The average molecular weight is 253 g/mol. The van der Waals surface area contributed by atoms with Gasteiger partial charge in [0, 0.05) is 18.3 Å². The van der Waals surface area contributed by atoms with E-state index in [1.165, 1.54) is 12.8 Å². The standard InChI is InChI=1S/C13H17ClN2O/c1-16-9-4-5-10(16)8-13(17,7-9)12-11(14)3-2-6-15-12/h2-3,6,9-10,17H,4-5,7-8H2,1H3. The Hall–Kier alpha value is -0.640. The van der Waals surface area contributed by atoms with E-state index in [0.717, 1.165) is 12.8 Å². The molecule has 2 aliphatic rings. The fourth-order valence-corrected chi connectivity index (χ4v) is 3.66. The lowest BCUT2D eigenvalue weighted by atomic mass is 9.83. The first kappa shape index (κ1) is 11.5. The van der Waals surface area contributed by atoms with Gasteiger partial charge in [0.15, 0.2) is 0 Å². The van der Waals surface area contributed by atoms with E-state index in [4.69, 9.17) is 11.6 Å². The van der Waals surface area contributed by atoms with Crippen molar-refractivity contribution < 1.29 is 5.11 Å². The number of rotatable bonds is 1. The number of piperidine rings is 1. The normalized spacial score (nSPS) is 37.4. The van der Waals surface area contributed by atoms with E-state index in [9.17, 15) is 5.11 Å². The molecule has 0 amide bonds. The fraction of sp³-hybridized carbons (Fsp3) is 0.615. The van der Waals surface area contributed by atoms with Crippen LogP contribution in [0.5, 0.6) is 0 Å². The summed E-state index contributed by atoms with van der Waals surface area (Å²) in [6.45, 7) is 0. The van der Waals surface area contributed by atoms with Gasteiger partial charge in [0.05, 0.1) is 10.7 Å². The zero-order chi connectivity index (χ0) is 12.0. The van der Waals surface area contributed by atoms with Crippen LogP contribution < -0.4 is 0 Å². The quantitative estimate of drug-likeness (QED) is 0.832. The molecule has 0 aromatic carbocycles. The molecule has 92 valence electrons. The molecular weight excluding hydrogens is 236 g/mol. The predicted octanol–water partition coefficient (Wildman–Crippen LogP) is 2.18. The van der Waals surface area contributed by atoms with Gasteiger partial charge in [0.2, 0.25) is 0 Å². The topological polar surface area (TPSA) is 36.4 Å². The van der Waals surface area contributed by atoms with E-state index in [2.05, 4.69) is 16.9 Å². The summed E-state index contributed by atoms with van der Waals surface area (Å²) in [6.07, 6.45) is 5.55.